The number of fused-ring (bicyclic) bond motifs is 1. The number of aliphatic imine (C=N–C) groups is 1. The van der Waals surface area contributed by atoms with Crippen LogP contribution < -0.4 is 5.32 Å². The Kier molecular flexibility index (Phi) is 4.93. The number of carbonyl (C=O) groups is 1. The first-order valence-corrected chi connectivity index (χ1v) is 9.22. The summed E-state index contributed by atoms with van der Waals surface area (Å²) in [5, 5.41) is 3.67. The molecule has 4 rings (SSSR count). The Labute approximate surface area is 159 Å². The van der Waals surface area contributed by atoms with Crippen molar-refractivity contribution >= 4 is 39.9 Å². The summed E-state index contributed by atoms with van der Waals surface area (Å²) in [6.07, 6.45) is 4.09. The molecule has 0 saturated carbocycles. The van der Waals surface area contributed by atoms with Gasteiger partial charge in [-0.2, -0.15) is 4.99 Å². The first-order chi connectivity index (χ1) is 13.2. The number of nitrogens with zero attached hydrogens (tertiary/aromatic N) is 3. The molecule has 3 aromatic rings. The average Bonchev–Trinajstić information content (AvgIpc) is 3.01. The summed E-state index contributed by atoms with van der Waals surface area (Å²) in [7, 11) is 0. The predicted octanol–water partition coefficient (Wildman–Crippen LogP) is 3.57. The number of thioether (sulfide) groups is 1. The molecule has 1 aliphatic rings. The second-order valence-corrected chi connectivity index (χ2v) is 6.95. The Hall–Kier alpha value is -3.06. The van der Waals surface area contributed by atoms with Gasteiger partial charge in [-0.05, 0) is 66.2 Å². The fraction of sp³-hybridized carbons (Fsp3) is 0.100. The fourth-order valence-electron chi connectivity index (χ4n) is 2.68. The molecule has 27 heavy (non-hydrogen) atoms. The Morgan fingerprint density at radius 3 is 2.93 bits per heavy atom. The molecule has 0 fully saturated rings. The highest BCUT2D eigenvalue weighted by molar-refractivity contribution is 8.18. The number of pyridine rings is 2. The van der Waals surface area contributed by atoms with Crippen LogP contribution in [0.15, 0.2) is 64.6 Å². The molecule has 0 bridgehead atoms. The zero-order valence-corrected chi connectivity index (χ0v) is 15.0. The van der Waals surface area contributed by atoms with Crippen LogP contribution in [0.5, 0.6) is 0 Å². The maximum absolute atomic E-state index is 13.2. The molecule has 0 radical (unpaired) electrons. The van der Waals surface area contributed by atoms with Crippen LogP contribution in [0.25, 0.3) is 17.1 Å². The van der Waals surface area contributed by atoms with E-state index in [1.165, 1.54) is 23.9 Å². The summed E-state index contributed by atoms with van der Waals surface area (Å²) in [6, 6.07) is 13.9. The second-order valence-electron chi connectivity index (χ2n) is 5.92. The van der Waals surface area contributed by atoms with Gasteiger partial charge in [-0.25, -0.2) is 9.37 Å². The number of nitrogens with one attached hydrogen (secondary N) is 1. The highest BCUT2D eigenvalue weighted by Gasteiger charge is 2.21. The van der Waals surface area contributed by atoms with Gasteiger partial charge in [0.15, 0.2) is 5.17 Å². The Bertz CT molecular complexity index is 1080. The highest BCUT2D eigenvalue weighted by atomic mass is 32.2. The van der Waals surface area contributed by atoms with E-state index in [9.17, 15) is 9.18 Å². The molecule has 2 aromatic heterocycles. The topological polar surface area (TPSA) is 67.2 Å². The van der Waals surface area contributed by atoms with Crippen LogP contribution in [-0.2, 0) is 11.2 Å². The van der Waals surface area contributed by atoms with Gasteiger partial charge in [-0.15, -0.1) is 0 Å². The van der Waals surface area contributed by atoms with E-state index in [1.54, 1.807) is 18.3 Å². The molecule has 134 valence electrons. The van der Waals surface area contributed by atoms with Gasteiger partial charge >= 0.3 is 0 Å². The third kappa shape index (κ3) is 4.20. The normalized spacial score (nSPS) is 15.4. The Morgan fingerprint density at radius 1 is 1.11 bits per heavy atom. The van der Waals surface area contributed by atoms with Crippen LogP contribution in [0.3, 0.4) is 0 Å². The molecule has 0 unspecified atom stereocenters. The Balaban J connectivity index is 1.40. The molecule has 5 nitrogen and oxygen atoms in total. The molecule has 1 N–H and O–H groups in total. The van der Waals surface area contributed by atoms with E-state index < -0.39 is 0 Å². The number of amidine groups is 1. The minimum absolute atomic E-state index is 0.251. The van der Waals surface area contributed by atoms with Crippen LogP contribution in [0.1, 0.15) is 11.3 Å². The molecule has 7 heteroatoms. The molecule has 0 atom stereocenters. The zero-order valence-electron chi connectivity index (χ0n) is 14.2. The van der Waals surface area contributed by atoms with Gasteiger partial charge in [-0.1, -0.05) is 12.1 Å². The molecule has 1 aliphatic heterocycles. The van der Waals surface area contributed by atoms with E-state index in [2.05, 4.69) is 20.3 Å². The molecular weight excluding hydrogens is 363 g/mol. The van der Waals surface area contributed by atoms with Crippen molar-refractivity contribution < 1.29 is 9.18 Å². The largest absolute Gasteiger partial charge is 0.364 e. The monoisotopic (exact) mass is 378 g/mol. The van der Waals surface area contributed by atoms with Gasteiger partial charge in [0.1, 0.15) is 5.82 Å². The van der Waals surface area contributed by atoms with E-state index >= 15 is 0 Å². The van der Waals surface area contributed by atoms with Crippen molar-refractivity contribution in [3.8, 4) is 0 Å². The molecule has 0 saturated heterocycles. The van der Waals surface area contributed by atoms with E-state index in [-0.39, 0.29) is 11.7 Å². The summed E-state index contributed by atoms with van der Waals surface area (Å²) >= 11 is 1.28. The van der Waals surface area contributed by atoms with Crippen molar-refractivity contribution in [1.82, 2.24) is 15.3 Å². The van der Waals surface area contributed by atoms with Crippen LogP contribution in [0.2, 0.25) is 0 Å². The maximum Gasteiger partial charge on any atom is 0.286 e. The van der Waals surface area contributed by atoms with Crippen LogP contribution in [0.4, 0.5) is 4.39 Å². The smallest absolute Gasteiger partial charge is 0.286 e. The third-order valence-electron chi connectivity index (χ3n) is 3.96. The lowest BCUT2D eigenvalue weighted by atomic mass is 10.1. The quantitative estimate of drug-likeness (QED) is 0.703. The van der Waals surface area contributed by atoms with Gasteiger partial charge in [-0.3, -0.25) is 9.78 Å². The van der Waals surface area contributed by atoms with Crippen molar-refractivity contribution in [2.75, 3.05) is 6.54 Å². The molecule has 0 aliphatic carbocycles. The van der Waals surface area contributed by atoms with Crippen molar-refractivity contribution in [3.63, 3.8) is 0 Å². The van der Waals surface area contributed by atoms with Gasteiger partial charge in [0.2, 0.25) is 0 Å². The van der Waals surface area contributed by atoms with Gasteiger partial charge in [0.05, 0.1) is 21.6 Å². The van der Waals surface area contributed by atoms with Crippen molar-refractivity contribution in [3.05, 3.63) is 76.7 Å². The zero-order chi connectivity index (χ0) is 18.6. The van der Waals surface area contributed by atoms with Crippen molar-refractivity contribution in [2.24, 2.45) is 4.99 Å². The lowest BCUT2D eigenvalue weighted by Gasteiger charge is -2.05. The lowest BCUT2D eigenvalue weighted by Crippen LogP contribution is -2.21. The summed E-state index contributed by atoms with van der Waals surface area (Å²) in [4.78, 5) is 25.4. The molecule has 1 aromatic carbocycles. The first-order valence-electron chi connectivity index (χ1n) is 8.40. The summed E-state index contributed by atoms with van der Waals surface area (Å²) in [5.41, 5.74) is 3.15. The summed E-state index contributed by atoms with van der Waals surface area (Å²) < 4.78 is 13.2. The maximum atomic E-state index is 13.2. The standard InChI is InChI=1S/C20H15FN4OS/c21-14-4-1-3-13(11-14)8-10-23-20-25-19(26)18(27-20)12-15-6-7-16-17(24-15)5-2-9-22-16/h1-7,9,11-12H,8,10H2,(H,23,25,26). The van der Waals surface area contributed by atoms with Gasteiger partial charge in [0.25, 0.3) is 5.91 Å². The highest BCUT2D eigenvalue weighted by Crippen LogP contribution is 2.27. The van der Waals surface area contributed by atoms with Crippen LogP contribution in [0, 0.1) is 5.82 Å². The number of rotatable bonds is 4. The van der Waals surface area contributed by atoms with E-state index in [1.807, 2.05) is 30.3 Å². The third-order valence-corrected chi connectivity index (χ3v) is 4.90. The number of hydrogen-bond acceptors (Lipinski definition) is 5. The number of aromatic nitrogens is 2. The summed E-state index contributed by atoms with van der Waals surface area (Å²) in [5.74, 6) is -0.542. The second kappa shape index (κ2) is 7.67. The molecular formula is C20H15FN4OS. The number of amides is 1. The number of hydrogen-bond donors (Lipinski definition) is 1. The first kappa shape index (κ1) is 17.4. The van der Waals surface area contributed by atoms with E-state index in [0.29, 0.717) is 28.7 Å². The van der Waals surface area contributed by atoms with Crippen LogP contribution in [-0.4, -0.2) is 27.6 Å². The average molecular weight is 378 g/mol. The van der Waals surface area contributed by atoms with E-state index in [0.717, 1.165) is 16.6 Å². The number of halogens is 1. The summed E-state index contributed by atoms with van der Waals surface area (Å²) in [6.45, 7) is 0.565. The predicted molar refractivity (Wildman–Crippen MR) is 106 cm³/mol. The van der Waals surface area contributed by atoms with Crippen molar-refractivity contribution in [2.45, 2.75) is 6.42 Å². The minimum Gasteiger partial charge on any atom is -0.364 e. The SMILES string of the molecule is O=C1N=C(NCCc2cccc(F)c2)SC1=Cc1ccc2ncccc2n1. The molecule has 1 amide bonds. The number of benzene rings is 1. The molecule has 3 heterocycles. The number of carbonyl (C=O) groups excluding carboxylic acids is 1. The van der Waals surface area contributed by atoms with E-state index in [4.69, 9.17) is 0 Å². The van der Waals surface area contributed by atoms with Gasteiger partial charge < -0.3 is 5.32 Å². The molecule has 0 spiro atoms. The fourth-order valence-corrected chi connectivity index (χ4v) is 3.50. The Morgan fingerprint density at radius 2 is 2.04 bits per heavy atom. The van der Waals surface area contributed by atoms with Gasteiger partial charge in [0, 0.05) is 12.7 Å². The minimum atomic E-state index is -0.290. The van der Waals surface area contributed by atoms with Crippen molar-refractivity contribution in [1.29, 1.82) is 0 Å². The lowest BCUT2D eigenvalue weighted by molar-refractivity contribution is -0.113. The van der Waals surface area contributed by atoms with Crippen LogP contribution >= 0.6 is 11.8 Å².